The molecule has 0 radical (unpaired) electrons. The number of rotatable bonds is 8. The molecule has 0 unspecified atom stereocenters. The van der Waals surface area contributed by atoms with Crippen molar-refractivity contribution in [3.63, 3.8) is 0 Å². The van der Waals surface area contributed by atoms with Crippen molar-refractivity contribution in [2.45, 2.75) is 46.6 Å². The Morgan fingerprint density at radius 1 is 1.21 bits per heavy atom. The van der Waals surface area contributed by atoms with E-state index >= 15 is 0 Å². The third-order valence-electron chi connectivity index (χ3n) is 3.19. The first kappa shape index (κ1) is 17.8. The number of ketones is 1. The van der Waals surface area contributed by atoms with Crippen molar-refractivity contribution in [2.75, 3.05) is 7.11 Å². The van der Waals surface area contributed by atoms with Crippen LogP contribution in [0.2, 0.25) is 0 Å². The molecular weight excluding hydrogens is 244 g/mol. The van der Waals surface area contributed by atoms with Crippen molar-refractivity contribution < 1.29 is 19.4 Å². The third kappa shape index (κ3) is 7.11. The average Bonchev–Trinajstić information content (AvgIpc) is 2.36. The molecule has 0 bridgehead atoms. The Bertz CT molecular complexity index is 320. The number of carbonyl (C=O) groups is 2. The molecule has 0 aliphatic heterocycles. The van der Waals surface area contributed by atoms with E-state index in [2.05, 4.69) is 4.74 Å². The van der Waals surface area contributed by atoms with Gasteiger partial charge in [0.15, 0.2) is 0 Å². The van der Waals surface area contributed by atoms with Gasteiger partial charge in [0.25, 0.3) is 0 Å². The fraction of sp³-hybridized carbons (Fsp3) is 0.733. The van der Waals surface area contributed by atoms with Crippen LogP contribution in [0.1, 0.15) is 40.5 Å². The molecule has 4 nitrogen and oxygen atoms in total. The number of ether oxygens (including phenoxy) is 1. The maximum atomic E-state index is 11.4. The lowest BCUT2D eigenvalue weighted by Gasteiger charge is -2.18. The summed E-state index contributed by atoms with van der Waals surface area (Å²) in [5, 5.41) is 9.88. The first-order valence-electron chi connectivity index (χ1n) is 6.74. The van der Waals surface area contributed by atoms with Crippen LogP contribution in [-0.4, -0.2) is 30.1 Å². The van der Waals surface area contributed by atoms with Crippen LogP contribution >= 0.6 is 0 Å². The SMILES string of the molecule is COC(=O)[C@H](C)[C@H](O)C[C@@H](C)/C=C/CC(=O)C(C)C. The van der Waals surface area contributed by atoms with E-state index < -0.39 is 18.0 Å². The molecule has 0 aliphatic rings. The molecule has 0 spiro atoms. The molecule has 0 rings (SSSR count). The van der Waals surface area contributed by atoms with E-state index in [4.69, 9.17) is 0 Å². The van der Waals surface area contributed by atoms with Crippen molar-refractivity contribution in [2.24, 2.45) is 17.8 Å². The summed E-state index contributed by atoms with van der Waals surface area (Å²) in [5.41, 5.74) is 0. The van der Waals surface area contributed by atoms with Gasteiger partial charge in [-0.3, -0.25) is 9.59 Å². The third-order valence-corrected chi connectivity index (χ3v) is 3.19. The van der Waals surface area contributed by atoms with E-state index in [0.717, 1.165) is 0 Å². The number of esters is 1. The molecule has 0 saturated heterocycles. The molecule has 0 aromatic heterocycles. The molecule has 0 heterocycles. The molecular formula is C15H26O4. The number of methoxy groups -OCH3 is 1. The van der Waals surface area contributed by atoms with E-state index in [1.807, 2.05) is 32.9 Å². The molecule has 110 valence electrons. The molecule has 19 heavy (non-hydrogen) atoms. The Balaban J connectivity index is 4.16. The fourth-order valence-electron chi connectivity index (χ4n) is 1.66. The smallest absolute Gasteiger partial charge is 0.311 e. The van der Waals surface area contributed by atoms with Crippen LogP contribution in [0.15, 0.2) is 12.2 Å². The minimum atomic E-state index is -0.729. The highest BCUT2D eigenvalue weighted by Crippen LogP contribution is 2.16. The lowest BCUT2D eigenvalue weighted by Crippen LogP contribution is -2.28. The predicted octanol–water partition coefficient (Wildman–Crippen LogP) is 2.35. The maximum Gasteiger partial charge on any atom is 0.311 e. The van der Waals surface area contributed by atoms with Crippen LogP contribution in [0.4, 0.5) is 0 Å². The van der Waals surface area contributed by atoms with Crippen LogP contribution < -0.4 is 0 Å². The molecule has 0 saturated carbocycles. The van der Waals surface area contributed by atoms with Gasteiger partial charge in [0.2, 0.25) is 0 Å². The molecule has 0 aromatic carbocycles. The second-order valence-corrected chi connectivity index (χ2v) is 5.35. The van der Waals surface area contributed by atoms with E-state index in [-0.39, 0.29) is 17.6 Å². The van der Waals surface area contributed by atoms with Gasteiger partial charge in [-0.25, -0.2) is 0 Å². The lowest BCUT2D eigenvalue weighted by molar-refractivity contribution is -0.148. The van der Waals surface area contributed by atoms with Gasteiger partial charge in [-0.15, -0.1) is 0 Å². The maximum absolute atomic E-state index is 11.4. The summed E-state index contributed by atoms with van der Waals surface area (Å²) < 4.78 is 4.59. The predicted molar refractivity (Wildman–Crippen MR) is 74.6 cm³/mol. The Morgan fingerprint density at radius 3 is 2.26 bits per heavy atom. The van der Waals surface area contributed by atoms with Crippen LogP contribution in [-0.2, 0) is 14.3 Å². The summed E-state index contributed by atoms with van der Waals surface area (Å²) >= 11 is 0. The van der Waals surface area contributed by atoms with E-state index in [1.54, 1.807) is 6.92 Å². The summed E-state index contributed by atoms with van der Waals surface area (Å²) in [6.07, 6.45) is 3.91. The number of allylic oxidation sites excluding steroid dienone is 2. The largest absolute Gasteiger partial charge is 0.469 e. The van der Waals surface area contributed by atoms with Gasteiger partial charge in [-0.2, -0.15) is 0 Å². The zero-order valence-corrected chi connectivity index (χ0v) is 12.6. The standard InChI is InChI=1S/C15H26O4/c1-10(2)13(16)8-6-7-11(3)9-14(17)12(4)15(18)19-5/h6-7,10-12,14,17H,8-9H2,1-5H3/b7-6+/t11-,12+,14+/m0/s1. The van der Waals surface area contributed by atoms with Crippen molar-refractivity contribution in [1.82, 2.24) is 0 Å². The Labute approximate surface area is 115 Å². The van der Waals surface area contributed by atoms with Gasteiger partial charge in [0.1, 0.15) is 5.78 Å². The van der Waals surface area contributed by atoms with Crippen LogP contribution in [0.5, 0.6) is 0 Å². The summed E-state index contributed by atoms with van der Waals surface area (Å²) in [5.74, 6) is -0.573. The van der Waals surface area contributed by atoms with Crippen molar-refractivity contribution in [3.05, 3.63) is 12.2 Å². The molecule has 0 aliphatic carbocycles. The summed E-state index contributed by atoms with van der Waals surface area (Å²) in [6, 6.07) is 0. The Morgan fingerprint density at radius 2 is 1.79 bits per heavy atom. The number of carbonyl (C=O) groups excluding carboxylic acids is 2. The average molecular weight is 270 g/mol. The molecule has 0 aromatic rings. The summed E-state index contributed by atoms with van der Waals surface area (Å²) in [7, 11) is 1.31. The molecule has 1 N–H and O–H groups in total. The van der Waals surface area contributed by atoms with Gasteiger partial charge < -0.3 is 9.84 Å². The van der Waals surface area contributed by atoms with E-state index in [0.29, 0.717) is 12.8 Å². The normalized spacial score (nSPS) is 16.4. The van der Waals surface area contributed by atoms with Crippen LogP contribution in [0.3, 0.4) is 0 Å². The highest BCUT2D eigenvalue weighted by atomic mass is 16.5. The zero-order chi connectivity index (χ0) is 15.0. The summed E-state index contributed by atoms with van der Waals surface area (Å²) in [4.78, 5) is 22.7. The van der Waals surface area contributed by atoms with E-state index in [9.17, 15) is 14.7 Å². The topological polar surface area (TPSA) is 63.6 Å². The summed E-state index contributed by atoms with van der Waals surface area (Å²) in [6.45, 7) is 7.35. The molecule has 0 fully saturated rings. The van der Waals surface area contributed by atoms with Crippen molar-refractivity contribution >= 4 is 11.8 Å². The van der Waals surface area contributed by atoms with Crippen LogP contribution in [0.25, 0.3) is 0 Å². The van der Waals surface area contributed by atoms with Gasteiger partial charge in [-0.1, -0.05) is 32.9 Å². The van der Waals surface area contributed by atoms with Crippen molar-refractivity contribution in [3.8, 4) is 0 Å². The lowest BCUT2D eigenvalue weighted by atomic mass is 9.94. The quantitative estimate of drug-likeness (QED) is 0.543. The van der Waals surface area contributed by atoms with Gasteiger partial charge in [-0.05, 0) is 19.3 Å². The Kier molecular flexibility index (Phi) is 8.32. The molecule has 3 atom stereocenters. The minimum Gasteiger partial charge on any atom is -0.469 e. The number of hydrogen-bond donors (Lipinski definition) is 1. The number of Topliss-reactive ketones (excluding diaryl/α,β-unsaturated/α-hetero) is 1. The fourth-order valence-corrected chi connectivity index (χ4v) is 1.66. The van der Waals surface area contributed by atoms with Gasteiger partial charge in [0, 0.05) is 12.3 Å². The number of aliphatic hydroxyl groups excluding tert-OH is 1. The van der Waals surface area contributed by atoms with Gasteiger partial charge >= 0.3 is 5.97 Å². The van der Waals surface area contributed by atoms with Crippen molar-refractivity contribution in [1.29, 1.82) is 0 Å². The van der Waals surface area contributed by atoms with Gasteiger partial charge in [0.05, 0.1) is 19.1 Å². The number of aliphatic hydroxyl groups is 1. The highest BCUT2D eigenvalue weighted by Gasteiger charge is 2.23. The molecule has 4 heteroatoms. The first-order valence-corrected chi connectivity index (χ1v) is 6.74. The van der Waals surface area contributed by atoms with E-state index in [1.165, 1.54) is 7.11 Å². The monoisotopic (exact) mass is 270 g/mol. The van der Waals surface area contributed by atoms with Crippen LogP contribution in [0, 0.1) is 17.8 Å². The second kappa shape index (κ2) is 8.86. The minimum absolute atomic E-state index is 0.0462. The second-order valence-electron chi connectivity index (χ2n) is 5.35. The Hall–Kier alpha value is -1.16. The highest BCUT2D eigenvalue weighted by molar-refractivity contribution is 5.81. The zero-order valence-electron chi connectivity index (χ0n) is 12.6. The first-order chi connectivity index (χ1) is 8.79. The number of hydrogen-bond acceptors (Lipinski definition) is 4. The molecule has 0 amide bonds.